The zero-order valence-electron chi connectivity index (χ0n) is 9.28. The number of likely N-dealkylation sites (tertiary alicyclic amines) is 1. The van der Waals surface area contributed by atoms with E-state index in [0.29, 0.717) is 0 Å². The van der Waals surface area contributed by atoms with Crippen LogP contribution in [0, 0.1) is 5.95 Å². The number of amides is 1. The predicted octanol–water partition coefficient (Wildman–Crippen LogP) is -0.119. The van der Waals surface area contributed by atoms with Gasteiger partial charge in [0, 0.05) is 30.8 Å². The second-order valence-corrected chi connectivity index (χ2v) is 4.07. The highest BCUT2D eigenvalue weighted by atomic mass is 19.1. The van der Waals surface area contributed by atoms with E-state index in [-0.39, 0.29) is 18.5 Å². The Morgan fingerprint density at radius 3 is 2.83 bits per heavy atom. The first-order valence-corrected chi connectivity index (χ1v) is 5.32. The molecule has 0 spiro atoms. The number of aliphatic hydroxyl groups excluding tert-OH is 1. The summed E-state index contributed by atoms with van der Waals surface area (Å²) in [5, 5.41) is 18.4. The van der Waals surface area contributed by atoms with Crippen LogP contribution in [-0.2, 0) is 4.79 Å². The van der Waals surface area contributed by atoms with E-state index in [4.69, 9.17) is 5.11 Å². The molecule has 0 radical (unpaired) electrons. The van der Waals surface area contributed by atoms with Crippen molar-refractivity contribution < 1.29 is 24.2 Å². The Hall–Kier alpha value is -2.02. The first-order chi connectivity index (χ1) is 8.49. The number of carboxylic acid groups (broad SMARTS) is 1. The van der Waals surface area contributed by atoms with Crippen molar-refractivity contribution >= 4 is 11.9 Å². The maximum atomic E-state index is 12.9. The summed E-state index contributed by atoms with van der Waals surface area (Å²) in [7, 11) is 0. The van der Waals surface area contributed by atoms with E-state index >= 15 is 0 Å². The smallest absolute Gasteiger partial charge is 0.326 e. The number of aliphatic hydroxyl groups is 1. The summed E-state index contributed by atoms with van der Waals surface area (Å²) in [6.07, 6.45) is 0.237. The first-order valence-electron chi connectivity index (χ1n) is 5.32. The Bertz CT molecular complexity index is 494. The molecule has 2 unspecified atom stereocenters. The molecule has 2 N–H and O–H groups in total. The van der Waals surface area contributed by atoms with Gasteiger partial charge in [-0.2, -0.15) is 4.39 Å². The number of hydrogen-bond acceptors (Lipinski definition) is 4. The van der Waals surface area contributed by atoms with Gasteiger partial charge < -0.3 is 15.1 Å². The van der Waals surface area contributed by atoms with Gasteiger partial charge in [-0.3, -0.25) is 4.79 Å². The lowest BCUT2D eigenvalue weighted by Crippen LogP contribution is -2.40. The first kappa shape index (κ1) is 12.4. The highest BCUT2D eigenvalue weighted by molar-refractivity contribution is 5.96. The largest absolute Gasteiger partial charge is 0.480 e. The normalized spacial score (nSPS) is 23.1. The maximum Gasteiger partial charge on any atom is 0.326 e. The number of rotatable bonds is 2. The molecule has 1 saturated heterocycles. The summed E-state index contributed by atoms with van der Waals surface area (Å²) in [6, 6.07) is 1.16. The van der Waals surface area contributed by atoms with E-state index in [0.717, 1.165) is 17.2 Å². The van der Waals surface area contributed by atoms with Gasteiger partial charge >= 0.3 is 5.97 Å². The van der Waals surface area contributed by atoms with Crippen molar-refractivity contribution in [2.24, 2.45) is 0 Å². The maximum absolute atomic E-state index is 12.9. The van der Waals surface area contributed by atoms with Crippen molar-refractivity contribution in [1.82, 2.24) is 9.88 Å². The van der Waals surface area contributed by atoms with Crippen LogP contribution in [0.15, 0.2) is 18.3 Å². The number of hydrogen-bond donors (Lipinski definition) is 2. The van der Waals surface area contributed by atoms with E-state index in [9.17, 15) is 19.1 Å². The molecule has 1 amide bonds. The third-order valence-corrected chi connectivity index (χ3v) is 2.80. The van der Waals surface area contributed by atoms with Crippen LogP contribution in [-0.4, -0.2) is 50.7 Å². The Kier molecular flexibility index (Phi) is 3.24. The third-order valence-electron chi connectivity index (χ3n) is 2.80. The van der Waals surface area contributed by atoms with Gasteiger partial charge in [-0.1, -0.05) is 0 Å². The zero-order valence-corrected chi connectivity index (χ0v) is 9.28. The van der Waals surface area contributed by atoms with Gasteiger partial charge in [0.1, 0.15) is 6.04 Å². The van der Waals surface area contributed by atoms with Gasteiger partial charge in [-0.05, 0) is 6.07 Å². The van der Waals surface area contributed by atoms with Crippen LogP contribution in [0.2, 0.25) is 0 Å². The number of carboxylic acids is 1. The Morgan fingerprint density at radius 2 is 2.22 bits per heavy atom. The molecule has 2 heterocycles. The lowest BCUT2D eigenvalue weighted by atomic mass is 10.2. The second-order valence-electron chi connectivity index (χ2n) is 4.07. The number of β-amino-alcohol motifs (C(OH)–C–C–N with tert-alkyl or cyclic N) is 1. The number of aliphatic carboxylic acids is 1. The van der Waals surface area contributed by atoms with Gasteiger partial charge in [-0.15, -0.1) is 0 Å². The molecular formula is C11H11FN2O4. The van der Waals surface area contributed by atoms with Crippen molar-refractivity contribution in [3.63, 3.8) is 0 Å². The molecule has 0 bridgehead atoms. The molecule has 1 aliphatic rings. The fourth-order valence-corrected chi connectivity index (χ4v) is 1.97. The number of aromatic nitrogens is 1. The Balaban J connectivity index is 2.25. The summed E-state index contributed by atoms with van der Waals surface area (Å²) < 4.78 is 12.9. The zero-order chi connectivity index (χ0) is 13.3. The van der Waals surface area contributed by atoms with Crippen LogP contribution >= 0.6 is 0 Å². The molecule has 0 saturated carbocycles. The summed E-state index contributed by atoms with van der Waals surface area (Å²) in [4.78, 5) is 27.3. The highest BCUT2D eigenvalue weighted by Crippen LogP contribution is 2.20. The molecule has 0 aliphatic carbocycles. The molecule has 1 aliphatic heterocycles. The molecule has 7 heteroatoms. The van der Waals surface area contributed by atoms with Crippen LogP contribution in [0.25, 0.3) is 0 Å². The van der Waals surface area contributed by atoms with Crippen molar-refractivity contribution in [2.75, 3.05) is 6.54 Å². The lowest BCUT2D eigenvalue weighted by Gasteiger charge is -2.20. The van der Waals surface area contributed by atoms with Crippen molar-refractivity contribution in [3.05, 3.63) is 29.8 Å². The average Bonchev–Trinajstić information content (AvgIpc) is 2.70. The fourth-order valence-electron chi connectivity index (χ4n) is 1.97. The number of carbonyl (C=O) groups is 2. The molecule has 2 atom stereocenters. The Morgan fingerprint density at radius 1 is 1.50 bits per heavy atom. The minimum absolute atomic E-state index is 0.0165. The molecule has 1 aromatic rings. The quantitative estimate of drug-likeness (QED) is 0.718. The molecule has 18 heavy (non-hydrogen) atoms. The van der Waals surface area contributed by atoms with E-state index in [1.807, 2.05) is 0 Å². The highest BCUT2D eigenvalue weighted by Gasteiger charge is 2.39. The SMILES string of the molecule is O=C(O)C1CC(O)CN1C(=O)c1ccnc(F)c1. The van der Waals surface area contributed by atoms with Gasteiger partial charge in [-0.25, -0.2) is 9.78 Å². The number of pyridine rings is 1. The predicted molar refractivity (Wildman–Crippen MR) is 57.3 cm³/mol. The second kappa shape index (κ2) is 4.69. The van der Waals surface area contributed by atoms with Gasteiger partial charge in [0.25, 0.3) is 5.91 Å². The molecule has 96 valence electrons. The van der Waals surface area contributed by atoms with Gasteiger partial charge in [0.2, 0.25) is 5.95 Å². The van der Waals surface area contributed by atoms with E-state index in [1.54, 1.807) is 0 Å². The summed E-state index contributed by atoms with van der Waals surface area (Å²) in [5.41, 5.74) is 0.0165. The summed E-state index contributed by atoms with van der Waals surface area (Å²) in [6.45, 7) is -0.0697. The minimum atomic E-state index is -1.19. The van der Waals surface area contributed by atoms with Crippen LogP contribution in [0.3, 0.4) is 0 Å². The van der Waals surface area contributed by atoms with Crippen LogP contribution < -0.4 is 0 Å². The van der Waals surface area contributed by atoms with E-state index < -0.39 is 30.0 Å². The standard InChI is InChI=1S/C11H11FN2O4/c12-9-3-6(1-2-13-9)10(16)14-5-7(15)4-8(14)11(17)18/h1-3,7-8,15H,4-5H2,(H,17,18). The van der Waals surface area contributed by atoms with Gasteiger partial charge in [0.05, 0.1) is 6.10 Å². The number of halogens is 1. The lowest BCUT2D eigenvalue weighted by molar-refractivity contribution is -0.141. The van der Waals surface area contributed by atoms with Gasteiger partial charge in [0.15, 0.2) is 0 Å². The fraction of sp³-hybridized carbons (Fsp3) is 0.364. The van der Waals surface area contributed by atoms with Crippen molar-refractivity contribution in [2.45, 2.75) is 18.6 Å². The van der Waals surface area contributed by atoms with E-state index in [2.05, 4.69) is 4.98 Å². The van der Waals surface area contributed by atoms with Crippen molar-refractivity contribution in [1.29, 1.82) is 0 Å². The topological polar surface area (TPSA) is 90.7 Å². The third kappa shape index (κ3) is 2.30. The van der Waals surface area contributed by atoms with Crippen LogP contribution in [0.4, 0.5) is 4.39 Å². The monoisotopic (exact) mass is 254 g/mol. The average molecular weight is 254 g/mol. The molecule has 1 aromatic heterocycles. The molecular weight excluding hydrogens is 243 g/mol. The summed E-state index contributed by atoms with van der Waals surface area (Å²) in [5.74, 6) is -2.62. The molecule has 6 nitrogen and oxygen atoms in total. The number of nitrogens with zero attached hydrogens (tertiary/aromatic N) is 2. The molecule has 0 aromatic carbocycles. The van der Waals surface area contributed by atoms with Crippen LogP contribution in [0.5, 0.6) is 0 Å². The molecule has 2 rings (SSSR count). The summed E-state index contributed by atoms with van der Waals surface area (Å²) >= 11 is 0. The number of carbonyl (C=O) groups excluding carboxylic acids is 1. The minimum Gasteiger partial charge on any atom is -0.480 e. The molecule has 1 fully saturated rings. The van der Waals surface area contributed by atoms with Crippen molar-refractivity contribution in [3.8, 4) is 0 Å². The van der Waals surface area contributed by atoms with Crippen LogP contribution in [0.1, 0.15) is 16.8 Å². The van der Waals surface area contributed by atoms with E-state index in [1.165, 1.54) is 6.07 Å². The Labute approximate surface area is 102 Å².